The Hall–Kier alpha value is -1.59. The van der Waals surface area contributed by atoms with E-state index in [-0.39, 0.29) is 24.2 Å². The average Bonchev–Trinajstić information content (AvgIpc) is 3.00. The summed E-state index contributed by atoms with van der Waals surface area (Å²) in [6.07, 6.45) is 5.34. The van der Waals surface area contributed by atoms with Crippen LogP contribution in [-0.4, -0.2) is 30.9 Å². The Bertz CT molecular complexity index is 559. The molecule has 0 aliphatic carbocycles. The van der Waals surface area contributed by atoms with E-state index in [1.165, 1.54) is 0 Å². The molecule has 2 saturated heterocycles. The molecule has 1 atom stereocenters. The number of nitrogens with one attached hydrogen (secondary N) is 2. The van der Waals surface area contributed by atoms with Crippen molar-refractivity contribution in [2.24, 2.45) is 0 Å². The maximum Gasteiger partial charge on any atom is 0.226 e. The summed E-state index contributed by atoms with van der Waals surface area (Å²) < 4.78 is 0. The summed E-state index contributed by atoms with van der Waals surface area (Å²) in [5.74, 6) is 0.200. The average molecular weight is 338 g/mol. The van der Waals surface area contributed by atoms with Crippen molar-refractivity contribution in [1.82, 2.24) is 5.32 Å². The molecule has 23 heavy (non-hydrogen) atoms. The van der Waals surface area contributed by atoms with Gasteiger partial charge in [-0.1, -0.05) is 6.07 Å². The summed E-state index contributed by atoms with van der Waals surface area (Å²) in [4.78, 5) is 25.9. The Morgan fingerprint density at radius 3 is 2.91 bits per heavy atom. The first-order chi connectivity index (χ1) is 10.7. The van der Waals surface area contributed by atoms with E-state index in [2.05, 4.69) is 10.6 Å². The number of benzene rings is 1. The minimum Gasteiger partial charge on any atom is -0.326 e. The molecule has 5 nitrogen and oxygen atoms in total. The van der Waals surface area contributed by atoms with Gasteiger partial charge in [-0.3, -0.25) is 9.59 Å². The number of hydrogen-bond acceptors (Lipinski definition) is 3. The number of amides is 2. The molecule has 0 spiro atoms. The normalized spacial score (nSPS) is 21.0. The molecular weight excluding hydrogens is 314 g/mol. The molecule has 0 bridgehead atoms. The first-order valence-electron chi connectivity index (χ1n) is 8.16. The van der Waals surface area contributed by atoms with Crippen molar-refractivity contribution in [3.05, 3.63) is 24.3 Å². The van der Waals surface area contributed by atoms with E-state index in [0.29, 0.717) is 18.9 Å². The number of rotatable bonds is 4. The summed E-state index contributed by atoms with van der Waals surface area (Å²) in [5, 5.41) is 6.27. The van der Waals surface area contributed by atoms with E-state index in [1.54, 1.807) is 0 Å². The predicted octanol–water partition coefficient (Wildman–Crippen LogP) is 2.71. The van der Waals surface area contributed by atoms with Gasteiger partial charge in [0.05, 0.1) is 0 Å². The van der Waals surface area contributed by atoms with Crippen LogP contribution in [0.15, 0.2) is 24.3 Å². The maximum atomic E-state index is 12.1. The number of halogens is 1. The van der Waals surface area contributed by atoms with Crippen LogP contribution in [0.2, 0.25) is 0 Å². The van der Waals surface area contributed by atoms with Gasteiger partial charge in [-0.25, -0.2) is 0 Å². The summed E-state index contributed by atoms with van der Waals surface area (Å²) in [5.41, 5.74) is 1.64. The van der Waals surface area contributed by atoms with Crippen LogP contribution in [0.4, 0.5) is 11.4 Å². The number of piperidine rings is 1. The fourth-order valence-corrected chi connectivity index (χ4v) is 3.20. The molecule has 1 aromatic carbocycles. The van der Waals surface area contributed by atoms with Gasteiger partial charge < -0.3 is 15.5 Å². The van der Waals surface area contributed by atoms with Crippen LogP contribution in [-0.2, 0) is 9.59 Å². The number of carbonyl (C=O) groups is 2. The molecule has 2 N–H and O–H groups in total. The SMILES string of the molecule is Cl.O=C(CC1CCCN1)Nc1cccc(N2CCCCC2=O)c1. The predicted molar refractivity (Wildman–Crippen MR) is 94.2 cm³/mol. The molecule has 0 radical (unpaired) electrons. The van der Waals surface area contributed by atoms with E-state index < -0.39 is 0 Å². The van der Waals surface area contributed by atoms with Gasteiger partial charge in [-0.2, -0.15) is 0 Å². The first-order valence-corrected chi connectivity index (χ1v) is 8.16. The maximum absolute atomic E-state index is 12.1. The van der Waals surface area contributed by atoms with Gasteiger partial charge in [0.15, 0.2) is 0 Å². The van der Waals surface area contributed by atoms with E-state index >= 15 is 0 Å². The highest BCUT2D eigenvalue weighted by molar-refractivity contribution is 5.96. The van der Waals surface area contributed by atoms with Crippen molar-refractivity contribution in [2.75, 3.05) is 23.3 Å². The molecule has 6 heteroatoms. The third kappa shape index (κ3) is 4.69. The molecule has 2 aliphatic rings. The highest BCUT2D eigenvalue weighted by Gasteiger charge is 2.20. The Balaban J connectivity index is 0.00000192. The van der Waals surface area contributed by atoms with Gasteiger partial charge in [0.2, 0.25) is 11.8 Å². The van der Waals surface area contributed by atoms with Gasteiger partial charge in [0, 0.05) is 36.8 Å². The van der Waals surface area contributed by atoms with Crippen LogP contribution in [0.25, 0.3) is 0 Å². The quantitative estimate of drug-likeness (QED) is 0.888. The fraction of sp³-hybridized carbons (Fsp3) is 0.529. The fourth-order valence-electron chi connectivity index (χ4n) is 3.20. The van der Waals surface area contributed by atoms with Crippen molar-refractivity contribution in [2.45, 2.75) is 44.6 Å². The summed E-state index contributed by atoms with van der Waals surface area (Å²) in [6, 6.07) is 7.88. The van der Waals surface area contributed by atoms with Crippen molar-refractivity contribution in [1.29, 1.82) is 0 Å². The van der Waals surface area contributed by atoms with Gasteiger partial charge in [-0.15, -0.1) is 12.4 Å². The molecule has 126 valence electrons. The molecule has 2 amide bonds. The zero-order valence-electron chi connectivity index (χ0n) is 13.2. The second kappa shape index (κ2) is 8.31. The molecule has 0 aromatic heterocycles. The van der Waals surface area contributed by atoms with E-state index in [0.717, 1.165) is 50.1 Å². The minimum atomic E-state index is 0. The number of nitrogens with zero attached hydrogens (tertiary/aromatic N) is 1. The van der Waals surface area contributed by atoms with E-state index in [1.807, 2.05) is 29.2 Å². The van der Waals surface area contributed by atoms with Crippen LogP contribution >= 0.6 is 12.4 Å². The molecule has 0 saturated carbocycles. The van der Waals surface area contributed by atoms with Crippen LogP contribution in [0.5, 0.6) is 0 Å². The van der Waals surface area contributed by atoms with Crippen molar-refractivity contribution < 1.29 is 9.59 Å². The first kappa shape index (κ1) is 17.8. The second-order valence-corrected chi connectivity index (χ2v) is 6.10. The monoisotopic (exact) mass is 337 g/mol. The van der Waals surface area contributed by atoms with Crippen molar-refractivity contribution >= 4 is 35.6 Å². The molecule has 2 heterocycles. The highest BCUT2D eigenvalue weighted by atomic mass is 35.5. The highest BCUT2D eigenvalue weighted by Crippen LogP contribution is 2.24. The molecule has 3 rings (SSSR count). The molecule has 2 fully saturated rings. The summed E-state index contributed by atoms with van der Waals surface area (Å²) in [7, 11) is 0. The lowest BCUT2D eigenvalue weighted by molar-refractivity contribution is -0.119. The Morgan fingerprint density at radius 2 is 2.17 bits per heavy atom. The Kier molecular flexibility index (Phi) is 6.42. The van der Waals surface area contributed by atoms with Crippen molar-refractivity contribution in [3.8, 4) is 0 Å². The van der Waals surface area contributed by atoms with E-state index in [4.69, 9.17) is 0 Å². The van der Waals surface area contributed by atoms with Crippen LogP contribution in [0.3, 0.4) is 0 Å². The molecular formula is C17H24ClN3O2. The minimum absolute atomic E-state index is 0. The Morgan fingerprint density at radius 1 is 1.30 bits per heavy atom. The third-order valence-electron chi connectivity index (χ3n) is 4.36. The van der Waals surface area contributed by atoms with Gasteiger partial charge in [-0.05, 0) is 50.4 Å². The molecule has 1 unspecified atom stereocenters. The zero-order chi connectivity index (χ0) is 15.4. The van der Waals surface area contributed by atoms with Gasteiger partial charge >= 0.3 is 0 Å². The standard InChI is InChI=1S/C17H23N3O2.ClH/c21-16(12-13-6-4-9-18-13)19-14-5-3-7-15(11-14)20-10-2-1-8-17(20)22;/h3,5,7,11,13,18H,1-2,4,6,8-10,12H2,(H,19,21);1H. The van der Waals surface area contributed by atoms with Crippen LogP contribution < -0.4 is 15.5 Å². The van der Waals surface area contributed by atoms with Crippen LogP contribution in [0, 0.1) is 0 Å². The largest absolute Gasteiger partial charge is 0.326 e. The second-order valence-electron chi connectivity index (χ2n) is 6.10. The van der Waals surface area contributed by atoms with Crippen LogP contribution in [0.1, 0.15) is 38.5 Å². The van der Waals surface area contributed by atoms with Crippen molar-refractivity contribution in [3.63, 3.8) is 0 Å². The number of hydrogen-bond donors (Lipinski definition) is 2. The topological polar surface area (TPSA) is 61.4 Å². The number of anilines is 2. The third-order valence-corrected chi connectivity index (χ3v) is 4.36. The molecule has 2 aliphatic heterocycles. The van der Waals surface area contributed by atoms with Gasteiger partial charge in [0.1, 0.15) is 0 Å². The smallest absolute Gasteiger partial charge is 0.226 e. The van der Waals surface area contributed by atoms with E-state index in [9.17, 15) is 9.59 Å². The zero-order valence-corrected chi connectivity index (χ0v) is 14.0. The lowest BCUT2D eigenvalue weighted by Crippen LogP contribution is -2.35. The lowest BCUT2D eigenvalue weighted by atomic mass is 10.1. The lowest BCUT2D eigenvalue weighted by Gasteiger charge is -2.27. The molecule has 1 aromatic rings. The number of carbonyl (C=O) groups excluding carboxylic acids is 2. The van der Waals surface area contributed by atoms with Gasteiger partial charge in [0.25, 0.3) is 0 Å². The summed E-state index contributed by atoms with van der Waals surface area (Å²) >= 11 is 0. The summed E-state index contributed by atoms with van der Waals surface area (Å²) in [6.45, 7) is 1.77. The Labute approximate surface area is 143 Å².